The molecule has 1 aromatic carbocycles. The molecule has 2 saturated heterocycles. The SMILES string of the molecule is CC(=O)N1CCC(O)(CN2CCN(C(C)=O)CC(O)(COc3ccc(C)c(C)c3)C2)CC1. The van der Waals surface area contributed by atoms with Crippen LogP contribution >= 0.6 is 0 Å². The molecule has 2 fully saturated rings. The van der Waals surface area contributed by atoms with Crippen LogP contribution in [-0.2, 0) is 9.59 Å². The molecule has 32 heavy (non-hydrogen) atoms. The van der Waals surface area contributed by atoms with Crippen molar-refractivity contribution in [2.75, 3.05) is 52.4 Å². The molecular formula is C24H37N3O5. The number of carbonyl (C=O) groups excluding carboxylic acids is 2. The lowest BCUT2D eigenvalue weighted by Crippen LogP contribution is -2.56. The summed E-state index contributed by atoms with van der Waals surface area (Å²) >= 11 is 0. The Morgan fingerprint density at radius 2 is 1.56 bits per heavy atom. The van der Waals surface area contributed by atoms with E-state index in [-0.39, 0.29) is 25.0 Å². The van der Waals surface area contributed by atoms with Gasteiger partial charge in [-0.3, -0.25) is 14.5 Å². The van der Waals surface area contributed by atoms with E-state index in [1.165, 1.54) is 12.5 Å². The van der Waals surface area contributed by atoms with Gasteiger partial charge >= 0.3 is 0 Å². The lowest BCUT2D eigenvalue weighted by atomic mass is 9.90. The number of piperidine rings is 1. The Morgan fingerprint density at radius 1 is 0.906 bits per heavy atom. The number of aliphatic hydroxyl groups is 2. The predicted octanol–water partition coefficient (Wildman–Crippen LogP) is 0.951. The van der Waals surface area contributed by atoms with Crippen LogP contribution in [0.3, 0.4) is 0 Å². The predicted molar refractivity (Wildman–Crippen MR) is 121 cm³/mol. The minimum Gasteiger partial charge on any atom is -0.490 e. The largest absolute Gasteiger partial charge is 0.490 e. The smallest absolute Gasteiger partial charge is 0.219 e. The van der Waals surface area contributed by atoms with E-state index in [0.29, 0.717) is 57.9 Å². The summed E-state index contributed by atoms with van der Waals surface area (Å²) in [5, 5.41) is 22.6. The maximum atomic E-state index is 12.1. The van der Waals surface area contributed by atoms with Gasteiger partial charge in [0, 0.05) is 53.1 Å². The van der Waals surface area contributed by atoms with E-state index < -0.39 is 11.2 Å². The summed E-state index contributed by atoms with van der Waals surface area (Å²) < 4.78 is 5.95. The molecule has 3 rings (SSSR count). The molecule has 0 radical (unpaired) electrons. The summed E-state index contributed by atoms with van der Waals surface area (Å²) in [5.41, 5.74) is 0.0925. The van der Waals surface area contributed by atoms with Crippen molar-refractivity contribution >= 4 is 11.8 Å². The maximum Gasteiger partial charge on any atom is 0.219 e. The van der Waals surface area contributed by atoms with Gasteiger partial charge in [-0.15, -0.1) is 0 Å². The molecule has 8 nitrogen and oxygen atoms in total. The topological polar surface area (TPSA) is 93.6 Å². The quantitative estimate of drug-likeness (QED) is 0.698. The number of ether oxygens (including phenoxy) is 1. The number of aryl methyl sites for hydroxylation is 2. The first-order chi connectivity index (χ1) is 15.0. The second kappa shape index (κ2) is 9.77. The number of β-amino-alcohol motifs (C(OH)–C–C–N with tert-alkyl or cyclic N) is 2. The van der Waals surface area contributed by atoms with E-state index in [0.717, 1.165) is 5.56 Å². The third kappa shape index (κ3) is 6.21. The molecule has 1 atom stereocenters. The Hall–Kier alpha value is -2.16. The van der Waals surface area contributed by atoms with E-state index in [1.54, 1.807) is 16.7 Å². The van der Waals surface area contributed by atoms with Gasteiger partial charge < -0.3 is 24.7 Å². The van der Waals surface area contributed by atoms with Gasteiger partial charge in [0.1, 0.15) is 18.0 Å². The second-order valence-corrected chi connectivity index (χ2v) is 9.64. The van der Waals surface area contributed by atoms with E-state index >= 15 is 0 Å². The first-order valence-corrected chi connectivity index (χ1v) is 11.4. The number of likely N-dealkylation sites (tertiary alicyclic amines) is 1. The van der Waals surface area contributed by atoms with Crippen LogP contribution < -0.4 is 4.74 Å². The molecule has 2 aliphatic heterocycles. The number of amides is 2. The second-order valence-electron chi connectivity index (χ2n) is 9.64. The first kappa shape index (κ1) is 24.5. The fourth-order valence-corrected chi connectivity index (χ4v) is 4.57. The van der Waals surface area contributed by atoms with Crippen LogP contribution in [0.25, 0.3) is 0 Å². The minimum absolute atomic E-state index is 0.0248. The van der Waals surface area contributed by atoms with Crippen LogP contribution in [0.5, 0.6) is 5.75 Å². The van der Waals surface area contributed by atoms with Crippen molar-refractivity contribution in [2.24, 2.45) is 0 Å². The Balaban J connectivity index is 1.69. The zero-order chi connectivity index (χ0) is 23.5. The standard InChI is InChI=1S/C24H37N3O5/c1-18-5-6-22(13-19(18)2)32-17-24(31)15-25(11-12-27(16-24)21(4)29)14-23(30)7-9-26(10-8-23)20(3)28/h5-6,13,30-31H,7-12,14-17H2,1-4H3. The summed E-state index contributed by atoms with van der Waals surface area (Å²) in [5.74, 6) is 0.614. The third-order valence-electron chi connectivity index (χ3n) is 6.78. The summed E-state index contributed by atoms with van der Waals surface area (Å²) in [7, 11) is 0. The number of rotatable bonds is 5. The summed E-state index contributed by atoms with van der Waals surface area (Å²) in [6.45, 7) is 10.1. The Kier molecular flexibility index (Phi) is 7.47. The molecule has 2 N–H and O–H groups in total. The van der Waals surface area contributed by atoms with Crippen molar-refractivity contribution in [1.29, 1.82) is 0 Å². The highest BCUT2D eigenvalue weighted by Gasteiger charge is 2.41. The number of nitrogens with zero attached hydrogens (tertiary/aromatic N) is 3. The molecule has 1 unspecified atom stereocenters. The van der Waals surface area contributed by atoms with Crippen LogP contribution in [0.2, 0.25) is 0 Å². The average molecular weight is 448 g/mol. The van der Waals surface area contributed by atoms with Gasteiger partial charge in [-0.1, -0.05) is 6.07 Å². The zero-order valence-corrected chi connectivity index (χ0v) is 19.8. The lowest BCUT2D eigenvalue weighted by molar-refractivity contribution is -0.134. The highest BCUT2D eigenvalue weighted by Crippen LogP contribution is 2.26. The number of hydrogen-bond acceptors (Lipinski definition) is 6. The van der Waals surface area contributed by atoms with Crippen molar-refractivity contribution in [3.05, 3.63) is 29.3 Å². The molecule has 0 aromatic heterocycles. The summed E-state index contributed by atoms with van der Waals surface area (Å²) in [6, 6.07) is 5.81. The van der Waals surface area contributed by atoms with Gasteiger partial charge in [-0.2, -0.15) is 0 Å². The van der Waals surface area contributed by atoms with Gasteiger partial charge in [-0.25, -0.2) is 0 Å². The van der Waals surface area contributed by atoms with E-state index in [2.05, 4.69) is 0 Å². The molecule has 178 valence electrons. The summed E-state index contributed by atoms with van der Waals surface area (Å²) in [4.78, 5) is 29.2. The highest BCUT2D eigenvalue weighted by molar-refractivity contribution is 5.73. The van der Waals surface area contributed by atoms with E-state index in [9.17, 15) is 19.8 Å². The molecule has 2 aliphatic rings. The average Bonchev–Trinajstić information content (AvgIpc) is 2.88. The van der Waals surface area contributed by atoms with E-state index in [4.69, 9.17) is 4.74 Å². The molecule has 1 aromatic rings. The fourth-order valence-electron chi connectivity index (χ4n) is 4.57. The van der Waals surface area contributed by atoms with Crippen molar-refractivity contribution in [3.63, 3.8) is 0 Å². The van der Waals surface area contributed by atoms with Crippen molar-refractivity contribution in [1.82, 2.24) is 14.7 Å². The van der Waals surface area contributed by atoms with Gasteiger partial charge in [0.15, 0.2) is 0 Å². The third-order valence-corrected chi connectivity index (χ3v) is 6.78. The summed E-state index contributed by atoms with van der Waals surface area (Å²) in [6.07, 6.45) is 0.994. The van der Waals surface area contributed by atoms with Crippen LogP contribution in [0, 0.1) is 13.8 Å². The number of benzene rings is 1. The normalized spacial score (nSPS) is 24.2. The molecule has 0 saturated carbocycles. The molecular weight excluding hydrogens is 410 g/mol. The Bertz CT molecular complexity index is 837. The highest BCUT2D eigenvalue weighted by atomic mass is 16.5. The van der Waals surface area contributed by atoms with Crippen molar-refractivity contribution < 1.29 is 24.5 Å². The first-order valence-electron chi connectivity index (χ1n) is 11.4. The molecule has 0 aliphatic carbocycles. The van der Waals surface area contributed by atoms with Crippen LogP contribution in [0.15, 0.2) is 18.2 Å². The molecule has 8 heteroatoms. The number of hydrogen-bond donors (Lipinski definition) is 2. The van der Waals surface area contributed by atoms with Crippen LogP contribution in [-0.4, -0.2) is 100 Å². The molecule has 2 amide bonds. The number of carbonyl (C=O) groups is 2. The van der Waals surface area contributed by atoms with Crippen LogP contribution in [0.1, 0.15) is 37.8 Å². The molecule has 0 bridgehead atoms. The van der Waals surface area contributed by atoms with Gasteiger partial charge in [-0.05, 0) is 49.9 Å². The van der Waals surface area contributed by atoms with Gasteiger partial charge in [0.25, 0.3) is 0 Å². The van der Waals surface area contributed by atoms with Gasteiger partial charge in [0.2, 0.25) is 11.8 Å². The zero-order valence-electron chi connectivity index (χ0n) is 19.8. The Morgan fingerprint density at radius 3 is 2.16 bits per heavy atom. The Labute approximate surface area is 190 Å². The van der Waals surface area contributed by atoms with E-state index in [1.807, 2.05) is 36.9 Å². The van der Waals surface area contributed by atoms with Crippen molar-refractivity contribution in [2.45, 2.75) is 51.7 Å². The fraction of sp³-hybridized carbons (Fsp3) is 0.667. The molecule has 0 spiro atoms. The lowest BCUT2D eigenvalue weighted by Gasteiger charge is -2.41. The van der Waals surface area contributed by atoms with Crippen molar-refractivity contribution in [3.8, 4) is 5.75 Å². The molecule has 2 heterocycles. The van der Waals surface area contributed by atoms with Gasteiger partial charge in [0.05, 0.1) is 12.1 Å². The monoisotopic (exact) mass is 447 g/mol. The van der Waals surface area contributed by atoms with Crippen LogP contribution in [0.4, 0.5) is 0 Å². The maximum absolute atomic E-state index is 12.1. The minimum atomic E-state index is -1.27.